The summed E-state index contributed by atoms with van der Waals surface area (Å²) in [4.78, 5) is 19.9. The van der Waals surface area contributed by atoms with Gasteiger partial charge in [-0.1, -0.05) is 6.42 Å². The molecule has 0 unspecified atom stereocenters. The van der Waals surface area contributed by atoms with Crippen molar-refractivity contribution >= 4 is 16.9 Å². The van der Waals surface area contributed by atoms with Crippen LogP contribution in [0.15, 0.2) is 36.4 Å². The first kappa shape index (κ1) is 25.0. The Morgan fingerprint density at radius 1 is 1.14 bits per heavy atom. The molecule has 188 valence electrons. The number of nitrogens with zero attached hydrogens (tertiary/aromatic N) is 3. The number of rotatable bonds is 10. The number of aromatic nitrogens is 2. The Morgan fingerprint density at radius 2 is 1.94 bits per heavy atom. The van der Waals surface area contributed by atoms with Gasteiger partial charge >= 0.3 is 0 Å². The lowest BCUT2D eigenvalue weighted by atomic mass is 10.1. The monoisotopic (exact) mass is 482 g/mol. The second-order valence-corrected chi connectivity index (χ2v) is 9.35. The molecule has 2 aromatic carbocycles. The van der Waals surface area contributed by atoms with E-state index < -0.39 is 5.82 Å². The lowest BCUT2D eigenvalue weighted by molar-refractivity contribution is -0.122. The van der Waals surface area contributed by atoms with Crippen LogP contribution in [0.2, 0.25) is 0 Å². The maximum Gasteiger partial charge on any atom is 0.240 e. The smallest absolute Gasteiger partial charge is 0.240 e. The highest BCUT2D eigenvalue weighted by molar-refractivity contribution is 5.85. The van der Waals surface area contributed by atoms with Crippen molar-refractivity contribution in [3.63, 3.8) is 0 Å². The Hall–Kier alpha value is -3.13. The lowest BCUT2D eigenvalue weighted by Gasteiger charge is -2.26. The topological polar surface area (TPSA) is 68.6 Å². The van der Waals surface area contributed by atoms with E-state index in [0.717, 1.165) is 24.2 Å². The van der Waals surface area contributed by atoms with Crippen LogP contribution in [0.4, 0.5) is 4.39 Å². The number of piperidine rings is 1. The fourth-order valence-electron chi connectivity index (χ4n) is 4.55. The summed E-state index contributed by atoms with van der Waals surface area (Å²) in [5, 5.41) is 2.93. The Morgan fingerprint density at radius 3 is 2.69 bits per heavy atom. The molecule has 0 atom stereocenters. The van der Waals surface area contributed by atoms with Crippen molar-refractivity contribution in [3.8, 4) is 22.9 Å². The van der Waals surface area contributed by atoms with Crippen molar-refractivity contribution in [1.82, 2.24) is 19.8 Å². The summed E-state index contributed by atoms with van der Waals surface area (Å²) in [6.45, 7) is 8.00. The van der Waals surface area contributed by atoms with Gasteiger partial charge in [0, 0.05) is 24.2 Å². The van der Waals surface area contributed by atoms with E-state index in [9.17, 15) is 9.18 Å². The van der Waals surface area contributed by atoms with Gasteiger partial charge in [-0.25, -0.2) is 9.37 Å². The van der Waals surface area contributed by atoms with Crippen LogP contribution in [-0.2, 0) is 11.3 Å². The van der Waals surface area contributed by atoms with Gasteiger partial charge in [0.25, 0.3) is 0 Å². The van der Waals surface area contributed by atoms with Crippen LogP contribution in [0, 0.1) is 5.82 Å². The molecular formula is C27H35FN4O3. The predicted molar refractivity (Wildman–Crippen MR) is 135 cm³/mol. The number of halogens is 1. The number of nitrogens with one attached hydrogen (secondary N) is 1. The average Bonchev–Trinajstić information content (AvgIpc) is 3.19. The second-order valence-electron chi connectivity index (χ2n) is 9.35. The normalized spacial score (nSPS) is 14.4. The van der Waals surface area contributed by atoms with Crippen LogP contribution in [0.1, 0.15) is 39.5 Å². The van der Waals surface area contributed by atoms with Crippen LogP contribution in [-0.4, -0.2) is 59.8 Å². The fraction of sp³-hybridized carbons (Fsp3) is 0.481. The minimum absolute atomic E-state index is 0.0246. The molecule has 35 heavy (non-hydrogen) atoms. The van der Waals surface area contributed by atoms with E-state index in [0.29, 0.717) is 23.5 Å². The zero-order chi connectivity index (χ0) is 24.8. The number of methoxy groups -OCH3 is 1. The van der Waals surface area contributed by atoms with Gasteiger partial charge in [0.1, 0.15) is 18.1 Å². The predicted octanol–water partition coefficient (Wildman–Crippen LogP) is 4.63. The summed E-state index contributed by atoms with van der Waals surface area (Å²) < 4.78 is 27.1. The number of benzene rings is 2. The average molecular weight is 483 g/mol. The number of hydrogen-bond acceptors (Lipinski definition) is 5. The maximum absolute atomic E-state index is 14.0. The number of carbonyl (C=O) groups excluding carboxylic acids is 1. The molecule has 1 N–H and O–H groups in total. The number of fused-ring (bicyclic) bond motifs is 1. The molecule has 0 spiro atoms. The Bertz CT molecular complexity index is 1150. The zero-order valence-electron chi connectivity index (χ0n) is 20.8. The molecule has 1 saturated heterocycles. The quantitative estimate of drug-likeness (QED) is 0.427. The van der Waals surface area contributed by atoms with Crippen molar-refractivity contribution in [3.05, 3.63) is 42.2 Å². The molecule has 8 heteroatoms. The summed E-state index contributed by atoms with van der Waals surface area (Å²) in [6.07, 6.45) is 4.89. The third kappa shape index (κ3) is 6.31. The van der Waals surface area contributed by atoms with Gasteiger partial charge in [-0.05, 0) is 76.5 Å². The van der Waals surface area contributed by atoms with E-state index in [1.54, 1.807) is 12.1 Å². The number of ether oxygens (including phenoxy) is 2. The van der Waals surface area contributed by atoms with Gasteiger partial charge in [-0.15, -0.1) is 0 Å². The third-order valence-corrected chi connectivity index (χ3v) is 6.22. The van der Waals surface area contributed by atoms with Crippen LogP contribution in [0.5, 0.6) is 11.5 Å². The molecule has 0 aliphatic carbocycles. The SMILES string of the molecule is COc1cc(-c2nc3cc(OCCCN4CCCCC4)ccc3n2CC(=O)NC(C)C)ccc1F. The van der Waals surface area contributed by atoms with Gasteiger partial charge in [0.15, 0.2) is 11.6 Å². The van der Waals surface area contributed by atoms with Crippen LogP contribution in [0.3, 0.4) is 0 Å². The summed E-state index contributed by atoms with van der Waals surface area (Å²) in [6, 6.07) is 10.4. The second kappa shape index (κ2) is 11.5. The van der Waals surface area contributed by atoms with E-state index in [1.807, 2.05) is 36.6 Å². The molecule has 1 amide bonds. The molecule has 1 aromatic heterocycles. The van der Waals surface area contributed by atoms with Crippen LogP contribution >= 0.6 is 0 Å². The summed E-state index contributed by atoms with van der Waals surface area (Å²) in [5.41, 5.74) is 2.19. The molecule has 3 aromatic rings. The molecule has 2 heterocycles. The fourth-order valence-corrected chi connectivity index (χ4v) is 4.55. The number of imidazole rings is 1. The van der Waals surface area contributed by atoms with Crippen molar-refractivity contribution in [2.24, 2.45) is 0 Å². The highest BCUT2D eigenvalue weighted by Gasteiger charge is 2.18. The lowest BCUT2D eigenvalue weighted by Crippen LogP contribution is -2.33. The van der Waals surface area contributed by atoms with Crippen molar-refractivity contribution in [1.29, 1.82) is 0 Å². The molecular weight excluding hydrogens is 447 g/mol. The van der Waals surface area contributed by atoms with Gasteiger partial charge in [0.2, 0.25) is 5.91 Å². The molecule has 0 bridgehead atoms. The van der Waals surface area contributed by atoms with E-state index >= 15 is 0 Å². The van der Waals surface area contributed by atoms with Gasteiger partial charge in [0.05, 0.1) is 24.8 Å². The molecule has 1 aliphatic rings. The highest BCUT2D eigenvalue weighted by atomic mass is 19.1. The Balaban J connectivity index is 1.56. The number of hydrogen-bond donors (Lipinski definition) is 1. The first-order chi connectivity index (χ1) is 16.9. The standard InChI is InChI=1S/C27H35FN4O3/c1-19(2)29-26(33)18-32-24-11-9-21(35-15-7-14-31-12-5-4-6-13-31)17-23(24)30-27(32)20-8-10-22(28)25(16-20)34-3/h8-11,16-17,19H,4-7,12-15,18H2,1-3H3,(H,29,33). The van der Waals surface area contributed by atoms with Crippen molar-refractivity contribution < 1.29 is 18.7 Å². The maximum atomic E-state index is 14.0. The number of amides is 1. The van der Waals surface area contributed by atoms with Gasteiger partial charge in [-0.2, -0.15) is 0 Å². The van der Waals surface area contributed by atoms with E-state index in [1.165, 1.54) is 45.5 Å². The highest BCUT2D eigenvalue weighted by Crippen LogP contribution is 2.30. The first-order valence-corrected chi connectivity index (χ1v) is 12.4. The largest absolute Gasteiger partial charge is 0.494 e. The van der Waals surface area contributed by atoms with E-state index in [2.05, 4.69) is 10.2 Å². The number of likely N-dealkylation sites (tertiary alicyclic amines) is 1. The minimum Gasteiger partial charge on any atom is -0.494 e. The molecule has 0 saturated carbocycles. The summed E-state index contributed by atoms with van der Waals surface area (Å²) in [5.74, 6) is 0.880. The molecule has 4 rings (SSSR count). The van der Waals surface area contributed by atoms with Crippen molar-refractivity contribution in [2.45, 2.75) is 52.1 Å². The molecule has 0 radical (unpaired) electrons. The van der Waals surface area contributed by atoms with Gasteiger partial charge < -0.3 is 24.3 Å². The summed E-state index contributed by atoms with van der Waals surface area (Å²) in [7, 11) is 1.43. The Kier molecular flexibility index (Phi) is 8.23. The zero-order valence-corrected chi connectivity index (χ0v) is 20.8. The molecule has 1 fully saturated rings. The first-order valence-electron chi connectivity index (χ1n) is 12.4. The van der Waals surface area contributed by atoms with Crippen molar-refractivity contribution in [2.75, 3.05) is 33.4 Å². The van der Waals surface area contributed by atoms with E-state index in [-0.39, 0.29) is 24.2 Å². The van der Waals surface area contributed by atoms with Crippen LogP contribution < -0.4 is 14.8 Å². The summed E-state index contributed by atoms with van der Waals surface area (Å²) >= 11 is 0. The third-order valence-electron chi connectivity index (χ3n) is 6.22. The number of carbonyl (C=O) groups is 1. The molecule has 7 nitrogen and oxygen atoms in total. The Labute approximate surface area is 206 Å². The minimum atomic E-state index is -0.447. The molecule has 1 aliphatic heterocycles. The van der Waals surface area contributed by atoms with Crippen LogP contribution in [0.25, 0.3) is 22.4 Å². The van der Waals surface area contributed by atoms with Gasteiger partial charge in [-0.3, -0.25) is 4.79 Å². The van der Waals surface area contributed by atoms with E-state index in [4.69, 9.17) is 14.5 Å².